The molecule has 0 spiro atoms. The van der Waals surface area contributed by atoms with Gasteiger partial charge in [0.2, 0.25) is 0 Å². The molecule has 414 valence electrons. The first-order chi connectivity index (χ1) is 38.9. The van der Waals surface area contributed by atoms with Crippen molar-refractivity contribution in [2.75, 3.05) is 9.80 Å². The van der Waals surface area contributed by atoms with Gasteiger partial charge >= 0.3 is 0 Å². The minimum absolute atomic E-state index is 0. The average molecular weight is 1250 g/mol. The third kappa shape index (κ3) is 10.3. The first kappa shape index (κ1) is 53.1. The molecule has 0 amide bonds. The van der Waals surface area contributed by atoms with Crippen LogP contribution < -0.4 is 14.5 Å². The summed E-state index contributed by atoms with van der Waals surface area (Å²) in [6, 6.07) is 65.8. The molecule has 0 saturated carbocycles. The maximum absolute atomic E-state index is 9.78. The minimum atomic E-state index is -1.68. The first-order valence-corrected chi connectivity index (χ1v) is 28.6. The summed E-state index contributed by atoms with van der Waals surface area (Å²) >= 11 is 0. The summed E-state index contributed by atoms with van der Waals surface area (Å²) in [4.78, 5) is 9.86. The summed E-state index contributed by atoms with van der Waals surface area (Å²) in [5.41, 5.74) is 19.0. The molecule has 0 fully saturated rings. The number of rotatable bonds is 10. The third-order valence-corrected chi connectivity index (χ3v) is 16.7. The Labute approximate surface area is 499 Å². The molecule has 0 unspecified atom stereocenters. The van der Waals surface area contributed by atoms with Crippen LogP contribution in [0.2, 0.25) is 0 Å². The zero-order chi connectivity index (χ0) is 57.8. The van der Waals surface area contributed by atoms with Gasteiger partial charge < -0.3 is 19.1 Å². The van der Waals surface area contributed by atoms with Crippen molar-refractivity contribution in [1.82, 2.24) is 9.55 Å². The van der Waals surface area contributed by atoms with Gasteiger partial charge in [-0.2, -0.15) is 12.1 Å². The Balaban J connectivity index is 0.00000721. The van der Waals surface area contributed by atoms with E-state index in [0.29, 0.717) is 22.9 Å². The molecule has 0 radical (unpaired) electrons. The SMILES string of the molecule is [2H]C([2H])(c1cc(-n2c3[c-]c(Oc4[c-]c(N5[CH-]N(c6c(-c7ccccc7)cccc6-c6cc(C(C)(C)C)cc(C(C)(C)C)c6)c6ccccc65)ccc4)ccc3c3ccc(C)cc32)ncc1-c1cccc2c1C(C)(C)CCC2(C)C)C(C)C.[Pt]. The van der Waals surface area contributed by atoms with Gasteiger partial charge in [-0.25, -0.2) is 4.98 Å². The fraction of sp³-hybridized carbons (Fsp3) is 0.280. The van der Waals surface area contributed by atoms with Crippen LogP contribution in [0.5, 0.6) is 11.5 Å². The zero-order valence-electron chi connectivity index (χ0n) is 51.2. The monoisotopic (exact) mass is 1240 g/mol. The van der Waals surface area contributed by atoms with Crippen LogP contribution >= 0.6 is 0 Å². The summed E-state index contributed by atoms with van der Waals surface area (Å²) in [6.45, 7) is 31.4. The molecule has 0 saturated heterocycles. The fourth-order valence-electron chi connectivity index (χ4n) is 12.3. The van der Waals surface area contributed by atoms with Crippen molar-refractivity contribution >= 4 is 44.6 Å². The molecule has 0 atom stereocenters. The maximum atomic E-state index is 9.78. The predicted octanol–water partition coefficient (Wildman–Crippen LogP) is 20.4. The van der Waals surface area contributed by atoms with Crippen molar-refractivity contribution in [1.29, 1.82) is 0 Å². The van der Waals surface area contributed by atoms with Gasteiger partial charge in [0.1, 0.15) is 5.82 Å². The van der Waals surface area contributed by atoms with Crippen LogP contribution in [0.1, 0.15) is 132 Å². The molecule has 0 N–H and O–H groups in total. The Morgan fingerprint density at radius 1 is 0.617 bits per heavy atom. The number of hydrogen-bond donors (Lipinski definition) is 0. The second-order valence-electron chi connectivity index (χ2n) is 26.0. The molecule has 10 aromatic rings. The Morgan fingerprint density at radius 3 is 1.94 bits per heavy atom. The molecule has 0 bridgehead atoms. The number of fused-ring (bicyclic) bond motifs is 5. The van der Waals surface area contributed by atoms with Crippen molar-refractivity contribution in [3.8, 4) is 50.7 Å². The summed E-state index contributed by atoms with van der Waals surface area (Å²) in [5.74, 6) is 1.39. The largest absolute Gasteiger partial charge is 0.509 e. The molecular weight excluding hydrogens is 1170 g/mol. The van der Waals surface area contributed by atoms with Crippen molar-refractivity contribution in [2.45, 2.75) is 131 Å². The first-order valence-electron chi connectivity index (χ1n) is 29.6. The fourth-order valence-corrected chi connectivity index (χ4v) is 12.3. The topological polar surface area (TPSA) is 33.5 Å². The van der Waals surface area contributed by atoms with Crippen LogP contribution in [0.25, 0.3) is 61.0 Å². The number of nitrogens with zero attached hydrogens (tertiary/aromatic N) is 4. The van der Waals surface area contributed by atoms with Crippen molar-refractivity contribution in [3.05, 3.63) is 222 Å². The average Bonchev–Trinajstić information content (AvgIpc) is 3.91. The van der Waals surface area contributed by atoms with E-state index in [4.69, 9.17) is 9.72 Å². The maximum Gasteiger partial charge on any atom is 0.135 e. The van der Waals surface area contributed by atoms with Gasteiger partial charge in [0, 0.05) is 80.8 Å². The van der Waals surface area contributed by atoms with E-state index in [2.05, 4.69) is 249 Å². The number of aromatic nitrogens is 2. The molecule has 12 rings (SSSR count). The molecule has 1 aliphatic carbocycles. The Bertz CT molecular complexity index is 4090. The van der Waals surface area contributed by atoms with Gasteiger partial charge in [-0.3, -0.25) is 0 Å². The van der Waals surface area contributed by atoms with E-state index in [9.17, 15) is 2.74 Å². The quantitative estimate of drug-likeness (QED) is 0.128. The summed E-state index contributed by atoms with van der Waals surface area (Å²) in [6.07, 6.45) is 2.39. The van der Waals surface area contributed by atoms with Gasteiger partial charge in [0.25, 0.3) is 0 Å². The van der Waals surface area contributed by atoms with Crippen molar-refractivity contribution < 1.29 is 28.5 Å². The summed E-state index contributed by atoms with van der Waals surface area (Å²) in [5, 5.41) is 2.05. The van der Waals surface area contributed by atoms with E-state index in [1.807, 2.05) is 44.3 Å². The molecule has 81 heavy (non-hydrogen) atoms. The molecule has 2 aromatic heterocycles. The van der Waals surface area contributed by atoms with E-state index in [0.717, 1.165) is 90.8 Å². The Kier molecular flexibility index (Phi) is 13.7. The second-order valence-corrected chi connectivity index (χ2v) is 26.0. The third-order valence-electron chi connectivity index (χ3n) is 16.7. The van der Waals surface area contributed by atoms with Crippen molar-refractivity contribution in [3.63, 3.8) is 0 Å². The van der Waals surface area contributed by atoms with E-state index in [1.54, 1.807) is 0 Å². The van der Waals surface area contributed by atoms with Crippen LogP contribution in [0.4, 0.5) is 22.7 Å². The summed E-state index contributed by atoms with van der Waals surface area (Å²) < 4.78 is 28.5. The number of para-hydroxylation sites is 3. The number of ether oxygens (including phenoxy) is 1. The Morgan fingerprint density at radius 2 is 1.23 bits per heavy atom. The van der Waals surface area contributed by atoms with Crippen LogP contribution in [0, 0.1) is 31.6 Å². The van der Waals surface area contributed by atoms with Gasteiger partial charge in [0.05, 0.1) is 0 Å². The number of anilines is 4. The van der Waals surface area contributed by atoms with Crippen LogP contribution in [-0.2, 0) is 49.1 Å². The normalized spacial score (nSPS) is 15.3. The standard InChI is InChI=1S/C75H75N4O.Pt/c1-48(2)38-51-42-69(76-46-63(51)62-28-21-29-64-70(62)75(12,13)37-36-74(64,10)11)79-67-39-49(3)32-34-60(67)61-35-33-57(45-68(61)79)80-56-25-19-24-55(44-56)77-47-78(66-31-18-17-30-65(66)77)71-58(50-22-15-14-16-23-50)26-20-27-59(71)52-40-53(72(4,5)6)43-54(41-52)73(7,8)9;/h14-35,39-43,46-48H,36-38H2,1-13H3;/q-3;/i38D2;. The van der Waals surface area contributed by atoms with Gasteiger partial charge in [0.15, 0.2) is 0 Å². The van der Waals surface area contributed by atoms with Crippen LogP contribution in [0.15, 0.2) is 170 Å². The number of pyridine rings is 1. The van der Waals surface area contributed by atoms with E-state index < -0.39 is 6.37 Å². The van der Waals surface area contributed by atoms with Crippen molar-refractivity contribution in [2.24, 2.45) is 5.92 Å². The van der Waals surface area contributed by atoms with Gasteiger partial charge in [-0.1, -0.05) is 198 Å². The molecule has 8 aromatic carbocycles. The van der Waals surface area contributed by atoms with E-state index in [1.165, 1.54) is 27.8 Å². The zero-order valence-corrected chi connectivity index (χ0v) is 51.5. The van der Waals surface area contributed by atoms with Gasteiger partial charge in [-0.05, 0) is 133 Å². The molecule has 2 aliphatic rings. The van der Waals surface area contributed by atoms with Crippen LogP contribution in [0.3, 0.4) is 0 Å². The molecule has 3 heterocycles. The Hall–Kier alpha value is -7.20. The molecule has 6 heteroatoms. The van der Waals surface area contributed by atoms with Gasteiger partial charge in [-0.15, -0.1) is 48.1 Å². The predicted molar refractivity (Wildman–Crippen MR) is 336 cm³/mol. The number of benzene rings is 8. The molecule has 1 aliphatic heterocycles. The molecule has 5 nitrogen and oxygen atoms in total. The second kappa shape index (κ2) is 21.0. The summed E-state index contributed by atoms with van der Waals surface area (Å²) in [7, 11) is 0. The van der Waals surface area contributed by atoms with Crippen LogP contribution in [-0.4, -0.2) is 9.55 Å². The number of aryl methyl sites for hydroxylation is 1. The van der Waals surface area contributed by atoms with E-state index >= 15 is 0 Å². The smallest absolute Gasteiger partial charge is 0.135 e. The molecular formula is C75H75N4OPt-3. The number of hydrogen-bond acceptors (Lipinski definition) is 4. The minimum Gasteiger partial charge on any atom is -0.509 e. The van der Waals surface area contributed by atoms with E-state index in [-0.39, 0.29) is 48.6 Å².